The van der Waals surface area contributed by atoms with E-state index in [1.54, 1.807) is 0 Å². The second-order valence-electron chi connectivity index (χ2n) is 2.09. The molecular formula is C6H10FN3. The summed E-state index contributed by atoms with van der Waals surface area (Å²) in [6, 6.07) is 0. The molecule has 0 saturated heterocycles. The lowest BCUT2D eigenvalue weighted by Gasteiger charge is -1.96. The molecule has 3 nitrogen and oxygen atoms in total. The fourth-order valence-corrected chi connectivity index (χ4v) is 0.568. The first-order chi connectivity index (χ1) is 4.22. The van der Waals surface area contributed by atoms with Gasteiger partial charge in [0.1, 0.15) is 0 Å². The largest absolute Gasteiger partial charge is 0.269 e. The second kappa shape index (κ2) is 3.20. The highest BCUT2D eigenvalue weighted by Crippen LogP contribution is 2.02. The first kappa shape index (κ1) is 8.94. The third-order valence-corrected chi connectivity index (χ3v) is 1.47. The molecule has 1 aromatic heterocycles. The first-order valence-corrected chi connectivity index (χ1v) is 2.85. The van der Waals surface area contributed by atoms with Crippen LogP contribution in [0.2, 0.25) is 0 Å². The quantitative estimate of drug-likeness (QED) is 0.542. The Bertz CT molecular complexity index is 204. The van der Waals surface area contributed by atoms with Gasteiger partial charge in [0.05, 0.1) is 11.4 Å². The highest BCUT2D eigenvalue weighted by atomic mass is 19.0. The zero-order valence-electron chi connectivity index (χ0n) is 6.25. The molecule has 4 heteroatoms. The average molecular weight is 143 g/mol. The number of hydrogen-bond acceptors (Lipinski definition) is 3. The smallest absolute Gasteiger partial charge is 0.0665 e. The molecule has 0 radical (unpaired) electrons. The zero-order chi connectivity index (χ0) is 6.85. The van der Waals surface area contributed by atoms with E-state index < -0.39 is 0 Å². The summed E-state index contributed by atoms with van der Waals surface area (Å²) in [6.45, 7) is 5.85. The van der Waals surface area contributed by atoms with Gasteiger partial charge in [0, 0.05) is 0 Å². The Morgan fingerprint density at radius 1 is 0.900 bits per heavy atom. The van der Waals surface area contributed by atoms with Gasteiger partial charge in [-0.05, 0) is 31.5 Å². The van der Waals surface area contributed by atoms with Crippen LogP contribution in [0.4, 0.5) is 4.70 Å². The summed E-state index contributed by atoms with van der Waals surface area (Å²) in [5, 5.41) is 11.1. The van der Waals surface area contributed by atoms with Crippen LogP contribution in [0.5, 0.6) is 0 Å². The fourth-order valence-electron chi connectivity index (χ4n) is 0.568. The number of aromatic nitrogens is 3. The van der Waals surface area contributed by atoms with Gasteiger partial charge < -0.3 is 0 Å². The molecule has 1 rings (SSSR count). The molecule has 56 valence electrons. The minimum atomic E-state index is 0. The lowest BCUT2D eigenvalue weighted by molar-refractivity contribution is 0.801. The Morgan fingerprint density at radius 2 is 1.30 bits per heavy atom. The highest BCUT2D eigenvalue weighted by molar-refractivity contribution is 5.18. The van der Waals surface area contributed by atoms with Gasteiger partial charge in [-0.2, -0.15) is 0 Å². The predicted molar refractivity (Wildman–Crippen MR) is 36.5 cm³/mol. The van der Waals surface area contributed by atoms with Crippen LogP contribution in [0.1, 0.15) is 17.0 Å². The third kappa shape index (κ3) is 1.46. The average Bonchev–Trinajstić information content (AvgIpc) is 1.83. The topological polar surface area (TPSA) is 38.7 Å². The number of nitrogens with zero attached hydrogens (tertiary/aromatic N) is 3. The van der Waals surface area contributed by atoms with Gasteiger partial charge in [-0.1, -0.05) is 0 Å². The molecule has 0 amide bonds. The maximum Gasteiger partial charge on any atom is 0.0665 e. The van der Waals surface area contributed by atoms with E-state index in [2.05, 4.69) is 15.4 Å². The lowest BCUT2D eigenvalue weighted by Crippen LogP contribution is -1.97. The van der Waals surface area contributed by atoms with Crippen LogP contribution in [-0.2, 0) is 0 Å². The normalized spacial score (nSPS) is 8.70. The van der Waals surface area contributed by atoms with Crippen molar-refractivity contribution in [1.29, 1.82) is 0 Å². The van der Waals surface area contributed by atoms with Gasteiger partial charge in [0.15, 0.2) is 0 Å². The summed E-state index contributed by atoms with van der Waals surface area (Å²) < 4.78 is 0. The third-order valence-electron chi connectivity index (χ3n) is 1.47. The Balaban J connectivity index is 0.000000810. The van der Waals surface area contributed by atoms with Gasteiger partial charge in [0.25, 0.3) is 0 Å². The zero-order valence-corrected chi connectivity index (χ0v) is 6.25. The van der Waals surface area contributed by atoms with E-state index >= 15 is 0 Å². The van der Waals surface area contributed by atoms with E-state index in [0.717, 1.165) is 17.0 Å². The van der Waals surface area contributed by atoms with Crippen LogP contribution in [0.3, 0.4) is 0 Å². The molecule has 10 heavy (non-hydrogen) atoms. The van der Waals surface area contributed by atoms with E-state index in [1.165, 1.54) is 0 Å². The van der Waals surface area contributed by atoms with Crippen molar-refractivity contribution in [3.05, 3.63) is 17.0 Å². The molecule has 0 atom stereocenters. The van der Waals surface area contributed by atoms with Crippen molar-refractivity contribution in [2.75, 3.05) is 0 Å². The summed E-state index contributed by atoms with van der Waals surface area (Å²) in [4.78, 5) is 0. The number of halogens is 1. The van der Waals surface area contributed by atoms with E-state index in [-0.39, 0.29) is 4.70 Å². The Kier molecular flexibility index (Phi) is 2.86. The Hall–Kier alpha value is -1.06. The first-order valence-electron chi connectivity index (χ1n) is 2.85. The van der Waals surface area contributed by atoms with Crippen molar-refractivity contribution in [1.82, 2.24) is 15.4 Å². The van der Waals surface area contributed by atoms with Gasteiger partial charge in [-0.25, -0.2) is 0 Å². The molecule has 0 bridgehead atoms. The van der Waals surface area contributed by atoms with E-state index in [4.69, 9.17) is 0 Å². The van der Waals surface area contributed by atoms with Crippen LogP contribution >= 0.6 is 0 Å². The molecule has 0 aliphatic rings. The van der Waals surface area contributed by atoms with Crippen LogP contribution < -0.4 is 0 Å². The summed E-state index contributed by atoms with van der Waals surface area (Å²) in [5.41, 5.74) is 3.05. The lowest BCUT2D eigenvalue weighted by atomic mass is 10.2. The van der Waals surface area contributed by atoms with Gasteiger partial charge in [-0.3, -0.25) is 4.70 Å². The summed E-state index contributed by atoms with van der Waals surface area (Å²) >= 11 is 0. The molecule has 0 aliphatic heterocycles. The molecule has 0 aromatic carbocycles. The van der Waals surface area contributed by atoms with Crippen LogP contribution in [-0.4, -0.2) is 15.4 Å². The predicted octanol–water partition coefficient (Wildman–Crippen LogP) is 0.949. The molecule has 1 aromatic rings. The van der Waals surface area contributed by atoms with Crippen molar-refractivity contribution in [2.45, 2.75) is 20.8 Å². The number of rotatable bonds is 0. The monoisotopic (exact) mass is 143 g/mol. The van der Waals surface area contributed by atoms with E-state index in [1.807, 2.05) is 20.8 Å². The summed E-state index contributed by atoms with van der Waals surface area (Å²) in [5.74, 6) is 0. The molecule has 0 saturated carbocycles. The van der Waals surface area contributed by atoms with Crippen molar-refractivity contribution < 1.29 is 4.70 Å². The molecule has 0 fully saturated rings. The van der Waals surface area contributed by atoms with Crippen molar-refractivity contribution >= 4 is 0 Å². The minimum Gasteiger partial charge on any atom is -0.269 e. The molecule has 0 N–H and O–H groups in total. The maximum atomic E-state index is 3.78. The van der Waals surface area contributed by atoms with Gasteiger partial charge >= 0.3 is 0 Å². The number of aryl methyl sites for hydroxylation is 2. The molecule has 0 spiro atoms. The molecular weight excluding hydrogens is 133 g/mol. The number of hydrogen-bond donors (Lipinski definition) is 0. The fraction of sp³-hybridized carbons (Fsp3) is 0.500. The Morgan fingerprint density at radius 3 is 1.60 bits per heavy atom. The molecule has 1 heterocycles. The highest BCUT2D eigenvalue weighted by Gasteiger charge is 1.96. The standard InChI is InChI=1S/C6H9N3.FH/c1-4-5(2)7-9-8-6(4)3;/h1-3H3;1H. The maximum absolute atomic E-state index is 3.78. The SMILES string of the molecule is Cc1nnnc(C)c1C.F. The summed E-state index contributed by atoms with van der Waals surface area (Å²) in [6.07, 6.45) is 0. The van der Waals surface area contributed by atoms with E-state index in [9.17, 15) is 0 Å². The van der Waals surface area contributed by atoms with Gasteiger partial charge in [-0.15, -0.1) is 10.2 Å². The van der Waals surface area contributed by atoms with Crippen molar-refractivity contribution in [3.63, 3.8) is 0 Å². The molecule has 0 unspecified atom stereocenters. The van der Waals surface area contributed by atoms with Gasteiger partial charge in [0.2, 0.25) is 0 Å². The molecule has 0 aliphatic carbocycles. The minimum absolute atomic E-state index is 0. The second-order valence-corrected chi connectivity index (χ2v) is 2.09. The van der Waals surface area contributed by atoms with Crippen LogP contribution in [0.15, 0.2) is 0 Å². The summed E-state index contributed by atoms with van der Waals surface area (Å²) in [7, 11) is 0. The van der Waals surface area contributed by atoms with Crippen LogP contribution in [0, 0.1) is 20.8 Å². The Labute approximate surface area is 58.9 Å². The van der Waals surface area contributed by atoms with Crippen LogP contribution in [0.25, 0.3) is 0 Å². The van der Waals surface area contributed by atoms with E-state index in [0.29, 0.717) is 0 Å². The van der Waals surface area contributed by atoms with Crippen molar-refractivity contribution in [3.8, 4) is 0 Å². The van der Waals surface area contributed by atoms with Crippen molar-refractivity contribution in [2.24, 2.45) is 0 Å².